The van der Waals surface area contributed by atoms with Gasteiger partial charge in [-0.1, -0.05) is 16.8 Å². The van der Waals surface area contributed by atoms with Crippen LogP contribution in [0.1, 0.15) is 19.0 Å². The lowest BCUT2D eigenvalue weighted by Gasteiger charge is -2.25. The average Bonchev–Trinajstić information content (AvgIpc) is 3.06. The van der Waals surface area contributed by atoms with E-state index < -0.39 is 22.4 Å². The zero-order chi connectivity index (χ0) is 19.2. The highest BCUT2D eigenvalue weighted by molar-refractivity contribution is 7.98. The van der Waals surface area contributed by atoms with E-state index in [0.29, 0.717) is 17.3 Å². The Labute approximate surface area is 162 Å². The Morgan fingerprint density at radius 3 is 2.73 bits per heavy atom. The number of rotatable bonds is 9. The number of nitrogens with zero attached hydrogens (tertiary/aromatic N) is 3. The molecular formula is C15H19ClN4O4S2. The fourth-order valence-electron chi connectivity index (χ4n) is 2.22. The van der Waals surface area contributed by atoms with Gasteiger partial charge in [0.2, 0.25) is 5.91 Å². The van der Waals surface area contributed by atoms with E-state index in [0.717, 1.165) is 10.6 Å². The van der Waals surface area contributed by atoms with Crippen LogP contribution >= 0.6 is 23.4 Å². The molecule has 11 heteroatoms. The Morgan fingerprint density at radius 1 is 1.42 bits per heavy atom. The van der Waals surface area contributed by atoms with Crippen LogP contribution in [0, 0.1) is 5.41 Å². The zero-order valence-corrected chi connectivity index (χ0v) is 16.4. The van der Waals surface area contributed by atoms with Crippen LogP contribution in [0.15, 0.2) is 35.4 Å². The Morgan fingerprint density at radius 2 is 2.12 bits per heavy atom. The summed E-state index contributed by atoms with van der Waals surface area (Å²) in [5.74, 6) is -0.372. The Bertz CT molecular complexity index is 771. The average molecular weight is 419 g/mol. The number of hydrogen-bond donors (Lipinski definition) is 3. The molecule has 0 aliphatic carbocycles. The molecule has 1 aromatic carbocycles. The number of amides is 1. The molecule has 0 aliphatic rings. The molecule has 0 fully saturated rings. The number of halogens is 1. The lowest BCUT2D eigenvalue weighted by Crippen LogP contribution is -2.42. The van der Waals surface area contributed by atoms with Crippen LogP contribution in [0.5, 0.6) is 0 Å². The number of hydrogen-bond acceptors (Lipinski definition) is 6. The van der Waals surface area contributed by atoms with E-state index in [4.69, 9.17) is 21.4 Å². The third-order valence-electron chi connectivity index (χ3n) is 3.77. The molecule has 2 unspecified atom stereocenters. The maximum atomic E-state index is 11.8. The van der Waals surface area contributed by atoms with Crippen molar-refractivity contribution in [1.29, 1.82) is 0 Å². The maximum absolute atomic E-state index is 11.8. The smallest absolute Gasteiger partial charge is 0.250 e. The van der Waals surface area contributed by atoms with Gasteiger partial charge in [-0.05, 0) is 37.6 Å². The van der Waals surface area contributed by atoms with Gasteiger partial charge in [0.15, 0.2) is 11.1 Å². The van der Waals surface area contributed by atoms with Gasteiger partial charge in [-0.25, -0.2) is 9.69 Å². The standard InChI is InChI=1S/C15H19ClN4O4S2/c1-15(10-26(23)24,14(21)18-22)6-7-20-8-12(17-19-20)9-25-13-4-2-11(16)3-5-13/h2-5,8,22H,6-7,9-10H2,1H3,(H,18,21)(H,23,24). The molecule has 3 N–H and O–H groups in total. The summed E-state index contributed by atoms with van der Waals surface area (Å²) in [5.41, 5.74) is 1.12. The van der Waals surface area contributed by atoms with Crippen LogP contribution in [-0.4, -0.2) is 40.6 Å². The van der Waals surface area contributed by atoms with Crippen LogP contribution in [0.2, 0.25) is 5.02 Å². The predicted molar refractivity (Wildman–Crippen MR) is 99.3 cm³/mol. The van der Waals surface area contributed by atoms with Crippen molar-refractivity contribution in [2.24, 2.45) is 5.41 Å². The SMILES string of the molecule is CC(CCn1cc(CSc2ccc(Cl)cc2)nn1)(CS(=O)O)C(=O)NO. The summed E-state index contributed by atoms with van der Waals surface area (Å²) in [6.07, 6.45) is 1.98. The molecule has 0 saturated heterocycles. The van der Waals surface area contributed by atoms with Crippen molar-refractivity contribution in [3.63, 3.8) is 0 Å². The van der Waals surface area contributed by atoms with Gasteiger partial charge in [-0.15, -0.1) is 16.9 Å². The van der Waals surface area contributed by atoms with E-state index in [1.807, 2.05) is 24.3 Å². The Balaban J connectivity index is 1.93. The number of carbonyl (C=O) groups is 1. The number of nitrogens with one attached hydrogen (secondary N) is 1. The summed E-state index contributed by atoms with van der Waals surface area (Å²) < 4.78 is 21.8. The van der Waals surface area contributed by atoms with Crippen LogP contribution in [0.25, 0.3) is 0 Å². The maximum Gasteiger partial charge on any atom is 0.250 e. The quantitative estimate of drug-likeness (QED) is 0.247. The van der Waals surface area contributed by atoms with Crippen LogP contribution in [0.4, 0.5) is 0 Å². The molecule has 0 bridgehead atoms. The third kappa shape index (κ3) is 6.06. The van der Waals surface area contributed by atoms with E-state index >= 15 is 0 Å². The van der Waals surface area contributed by atoms with E-state index in [2.05, 4.69) is 10.3 Å². The highest BCUT2D eigenvalue weighted by Crippen LogP contribution is 2.25. The lowest BCUT2D eigenvalue weighted by molar-refractivity contribution is -0.138. The predicted octanol–water partition coefficient (Wildman–Crippen LogP) is 2.35. The number of aryl methyl sites for hydroxylation is 1. The molecule has 1 heterocycles. The molecule has 2 rings (SSSR count). The highest BCUT2D eigenvalue weighted by Gasteiger charge is 2.35. The zero-order valence-electron chi connectivity index (χ0n) is 14.0. The number of carbonyl (C=O) groups excluding carboxylic acids is 1. The largest absolute Gasteiger partial charge is 0.306 e. The molecule has 8 nitrogen and oxygen atoms in total. The number of benzene rings is 1. The van der Waals surface area contributed by atoms with Crippen molar-refractivity contribution in [3.05, 3.63) is 41.2 Å². The Kier molecular flexibility index (Phi) is 7.59. The third-order valence-corrected chi connectivity index (χ3v) is 5.95. The molecule has 0 saturated carbocycles. The number of thioether (sulfide) groups is 1. The first-order chi connectivity index (χ1) is 12.3. The van der Waals surface area contributed by atoms with Gasteiger partial charge in [0.05, 0.1) is 16.9 Å². The van der Waals surface area contributed by atoms with E-state index in [9.17, 15) is 9.00 Å². The summed E-state index contributed by atoms with van der Waals surface area (Å²) in [5, 5.41) is 17.6. The second kappa shape index (κ2) is 9.47. The van der Waals surface area contributed by atoms with Crippen molar-refractivity contribution in [2.75, 3.05) is 5.75 Å². The van der Waals surface area contributed by atoms with Gasteiger partial charge in [0, 0.05) is 28.4 Å². The van der Waals surface area contributed by atoms with E-state index in [1.165, 1.54) is 6.92 Å². The topological polar surface area (TPSA) is 117 Å². The monoisotopic (exact) mass is 418 g/mol. The first-order valence-electron chi connectivity index (χ1n) is 7.62. The van der Waals surface area contributed by atoms with E-state index in [-0.39, 0.29) is 12.2 Å². The Hall–Kier alpha value is -1.46. The van der Waals surface area contributed by atoms with Crippen molar-refractivity contribution < 1.29 is 18.8 Å². The molecule has 0 spiro atoms. The fourth-order valence-corrected chi connectivity index (χ4v) is 3.94. The minimum atomic E-state index is -2.17. The summed E-state index contributed by atoms with van der Waals surface area (Å²) in [6, 6.07) is 7.48. The summed E-state index contributed by atoms with van der Waals surface area (Å²) in [7, 11) is 0. The second-order valence-corrected chi connectivity index (χ2v) is 8.35. The molecule has 0 aliphatic heterocycles. The molecule has 1 amide bonds. The summed E-state index contributed by atoms with van der Waals surface area (Å²) in [6.45, 7) is 1.83. The van der Waals surface area contributed by atoms with Gasteiger partial charge < -0.3 is 4.55 Å². The second-order valence-electron chi connectivity index (χ2n) is 5.93. The van der Waals surface area contributed by atoms with Gasteiger partial charge in [0.1, 0.15) is 0 Å². The van der Waals surface area contributed by atoms with Crippen molar-refractivity contribution in [2.45, 2.75) is 30.5 Å². The first kappa shape index (κ1) is 20.8. The molecular weight excluding hydrogens is 400 g/mol. The highest BCUT2D eigenvalue weighted by atomic mass is 35.5. The minimum absolute atomic E-state index is 0.221. The van der Waals surface area contributed by atoms with Gasteiger partial charge in [-0.2, -0.15) is 0 Å². The molecule has 142 valence electrons. The van der Waals surface area contributed by atoms with Crippen molar-refractivity contribution >= 4 is 40.4 Å². The normalized spacial score (nSPS) is 14.6. The lowest BCUT2D eigenvalue weighted by atomic mass is 9.88. The molecule has 0 radical (unpaired) electrons. The fraction of sp³-hybridized carbons (Fsp3) is 0.400. The first-order valence-corrected chi connectivity index (χ1v) is 10.3. The van der Waals surface area contributed by atoms with Crippen LogP contribution in [-0.2, 0) is 28.2 Å². The summed E-state index contributed by atoms with van der Waals surface area (Å²) >= 11 is 5.28. The van der Waals surface area contributed by atoms with Crippen molar-refractivity contribution in [1.82, 2.24) is 20.5 Å². The molecule has 2 aromatic rings. The van der Waals surface area contributed by atoms with Crippen LogP contribution in [0.3, 0.4) is 0 Å². The van der Waals surface area contributed by atoms with Gasteiger partial charge in [0.25, 0.3) is 0 Å². The molecule has 2 atom stereocenters. The van der Waals surface area contributed by atoms with Crippen LogP contribution < -0.4 is 5.48 Å². The van der Waals surface area contributed by atoms with Crippen molar-refractivity contribution in [3.8, 4) is 0 Å². The minimum Gasteiger partial charge on any atom is -0.306 e. The number of hydroxylamine groups is 1. The summed E-state index contributed by atoms with van der Waals surface area (Å²) in [4.78, 5) is 12.9. The van der Waals surface area contributed by atoms with Gasteiger partial charge >= 0.3 is 0 Å². The van der Waals surface area contributed by atoms with Gasteiger partial charge in [-0.3, -0.25) is 14.7 Å². The van der Waals surface area contributed by atoms with E-state index in [1.54, 1.807) is 28.1 Å². The number of aromatic nitrogens is 3. The molecule has 1 aromatic heterocycles. The molecule has 26 heavy (non-hydrogen) atoms.